The Labute approximate surface area is 198 Å². The Kier molecular flexibility index (Phi) is 6.63. The summed E-state index contributed by atoms with van der Waals surface area (Å²) in [5, 5.41) is 0. The molecule has 1 aromatic carbocycles. The second-order valence-electron chi connectivity index (χ2n) is 10.2. The third-order valence-electron chi connectivity index (χ3n) is 7.80. The maximum absolute atomic E-state index is 13.6. The number of nitrogens with zero attached hydrogens (tertiary/aromatic N) is 5. The van der Waals surface area contributed by atoms with E-state index in [0.717, 1.165) is 75.4 Å². The quantitative estimate of drug-likeness (QED) is 0.702. The van der Waals surface area contributed by atoms with Gasteiger partial charge in [-0.1, -0.05) is 50.6 Å². The number of hydrogen-bond acceptors (Lipinski definition) is 5. The Morgan fingerprint density at radius 2 is 1.70 bits per heavy atom. The maximum atomic E-state index is 13.6. The van der Waals surface area contributed by atoms with Crippen LogP contribution < -0.4 is 4.90 Å². The van der Waals surface area contributed by atoms with E-state index in [0.29, 0.717) is 0 Å². The molecule has 176 valence electrons. The van der Waals surface area contributed by atoms with Gasteiger partial charge >= 0.3 is 0 Å². The minimum absolute atomic E-state index is 0.0963. The van der Waals surface area contributed by atoms with Gasteiger partial charge in [0.15, 0.2) is 0 Å². The lowest BCUT2D eigenvalue weighted by molar-refractivity contribution is -0.133. The van der Waals surface area contributed by atoms with Gasteiger partial charge in [0, 0.05) is 57.9 Å². The van der Waals surface area contributed by atoms with E-state index in [1.165, 1.54) is 24.8 Å². The lowest BCUT2D eigenvalue weighted by Gasteiger charge is -2.43. The SMILES string of the molecule is CC(C)C(C(=O)N1CCc2cnc(N3CCN(C4CCC4)CC3)nc2CC1)c1ccccc1. The number of aromatic nitrogens is 2. The fourth-order valence-electron chi connectivity index (χ4n) is 5.55. The lowest BCUT2D eigenvalue weighted by atomic mass is 9.87. The van der Waals surface area contributed by atoms with Gasteiger partial charge < -0.3 is 9.80 Å². The highest BCUT2D eigenvalue weighted by Gasteiger charge is 2.31. The normalized spacial score (nSPS) is 20.8. The molecular weight excluding hydrogens is 410 g/mol. The van der Waals surface area contributed by atoms with Crippen LogP contribution in [0.25, 0.3) is 0 Å². The highest BCUT2D eigenvalue weighted by atomic mass is 16.2. The van der Waals surface area contributed by atoms with E-state index in [9.17, 15) is 4.79 Å². The molecule has 0 radical (unpaired) electrons. The summed E-state index contributed by atoms with van der Waals surface area (Å²) in [4.78, 5) is 30.3. The first-order chi connectivity index (χ1) is 16.1. The molecule has 1 unspecified atom stereocenters. The molecule has 6 nitrogen and oxygen atoms in total. The van der Waals surface area contributed by atoms with Gasteiger partial charge in [-0.15, -0.1) is 0 Å². The molecule has 1 saturated heterocycles. The van der Waals surface area contributed by atoms with E-state index in [-0.39, 0.29) is 17.7 Å². The van der Waals surface area contributed by atoms with Crippen molar-refractivity contribution in [2.75, 3.05) is 44.2 Å². The molecule has 0 spiro atoms. The summed E-state index contributed by atoms with van der Waals surface area (Å²) >= 11 is 0. The van der Waals surface area contributed by atoms with Crippen LogP contribution in [0.4, 0.5) is 5.95 Å². The Bertz CT molecular complexity index is 950. The molecule has 0 bridgehead atoms. The van der Waals surface area contributed by atoms with Crippen LogP contribution in [-0.4, -0.2) is 71.0 Å². The summed E-state index contributed by atoms with van der Waals surface area (Å²) in [5.41, 5.74) is 3.43. The molecule has 1 saturated carbocycles. The highest BCUT2D eigenvalue weighted by Crippen LogP contribution is 2.29. The zero-order chi connectivity index (χ0) is 22.8. The second kappa shape index (κ2) is 9.80. The first kappa shape index (κ1) is 22.3. The Balaban J connectivity index is 1.24. The summed E-state index contributed by atoms with van der Waals surface area (Å²) in [6, 6.07) is 11.0. The third-order valence-corrected chi connectivity index (χ3v) is 7.80. The van der Waals surface area contributed by atoms with Gasteiger partial charge in [0.2, 0.25) is 11.9 Å². The molecule has 2 aromatic rings. The summed E-state index contributed by atoms with van der Waals surface area (Å²) in [7, 11) is 0. The predicted molar refractivity (Wildman–Crippen MR) is 131 cm³/mol. The fraction of sp³-hybridized carbons (Fsp3) is 0.593. The third kappa shape index (κ3) is 4.77. The average Bonchev–Trinajstić information content (AvgIpc) is 3.01. The van der Waals surface area contributed by atoms with Crippen molar-refractivity contribution in [3.05, 3.63) is 53.3 Å². The van der Waals surface area contributed by atoms with Crippen molar-refractivity contribution < 1.29 is 4.79 Å². The summed E-state index contributed by atoms with van der Waals surface area (Å²) in [6.07, 6.45) is 7.77. The topological polar surface area (TPSA) is 52.6 Å². The van der Waals surface area contributed by atoms with Gasteiger partial charge in [0.25, 0.3) is 0 Å². The maximum Gasteiger partial charge on any atom is 0.230 e. The average molecular weight is 448 g/mol. The van der Waals surface area contributed by atoms with Crippen LogP contribution >= 0.6 is 0 Å². The van der Waals surface area contributed by atoms with Crippen LogP contribution in [0.2, 0.25) is 0 Å². The number of carbonyl (C=O) groups is 1. The fourth-order valence-corrected chi connectivity index (χ4v) is 5.55. The molecule has 0 N–H and O–H groups in total. The van der Waals surface area contributed by atoms with Gasteiger partial charge in [0.05, 0.1) is 11.6 Å². The molecule has 1 amide bonds. The Hall–Kier alpha value is -2.47. The largest absolute Gasteiger partial charge is 0.341 e. The minimum atomic E-state index is -0.0963. The van der Waals surface area contributed by atoms with E-state index in [2.05, 4.69) is 40.7 Å². The predicted octanol–water partition coefficient (Wildman–Crippen LogP) is 3.52. The van der Waals surface area contributed by atoms with Crippen molar-refractivity contribution in [1.82, 2.24) is 19.8 Å². The second-order valence-corrected chi connectivity index (χ2v) is 10.2. The van der Waals surface area contributed by atoms with Crippen LogP contribution in [0.5, 0.6) is 0 Å². The summed E-state index contributed by atoms with van der Waals surface area (Å²) in [6.45, 7) is 10.0. The van der Waals surface area contributed by atoms with Crippen molar-refractivity contribution in [3.8, 4) is 0 Å². The van der Waals surface area contributed by atoms with Gasteiger partial charge in [0.1, 0.15) is 0 Å². The summed E-state index contributed by atoms with van der Waals surface area (Å²) in [5.74, 6) is 1.27. The molecule has 1 aliphatic carbocycles. The number of hydrogen-bond donors (Lipinski definition) is 0. The van der Waals surface area contributed by atoms with E-state index in [1.54, 1.807) is 0 Å². The van der Waals surface area contributed by atoms with Crippen LogP contribution in [-0.2, 0) is 17.6 Å². The zero-order valence-corrected chi connectivity index (χ0v) is 20.1. The molecule has 6 heteroatoms. The van der Waals surface area contributed by atoms with Crippen molar-refractivity contribution in [1.29, 1.82) is 0 Å². The lowest BCUT2D eigenvalue weighted by Crippen LogP contribution is -2.52. The Morgan fingerprint density at radius 1 is 0.970 bits per heavy atom. The molecule has 1 atom stereocenters. The number of benzene rings is 1. The molecule has 5 rings (SSSR count). The number of carbonyl (C=O) groups excluding carboxylic acids is 1. The van der Waals surface area contributed by atoms with Gasteiger partial charge in [-0.25, -0.2) is 9.97 Å². The number of rotatable bonds is 5. The first-order valence-corrected chi connectivity index (χ1v) is 12.8. The molecular formula is C27H37N5O. The molecule has 2 fully saturated rings. The van der Waals surface area contributed by atoms with Crippen LogP contribution in [0.1, 0.15) is 55.8 Å². The number of piperazine rings is 1. The monoisotopic (exact) mass is 447 g/mol. The van der Waals surface area contributed by atoms with Crippen molar-refractivity contribution in [3.63, 3.8) is 0 Å². The van der Waals surface area contributed by atoms with E-state index in [1.807, 2.05) is 24.4 Å². The molecule has 3 aliphatic rings. The van der Waals surface area contributed by atoms with Crippen LogP contribution in [0, 0.1) is 5.92 Å². The standard InChI is InChI=1S/C27H37N5O/c1-20(2)25(21-7-4-3-5-8-21)26(33)31-13-11-22-19-28-27(29-24(22)12-14-31)32-17-15-30(16-18-32)23-9-6-10-23/h3-5,7-8,19-20,23,25H,6,9-18H2,1-2H3. The number of anilines is 1. The Morgan fingerprint density at radius 3 is 2.36 bits per heavy atom. The van der Waals surface area contributed by atoms with Gasteiger partial charge in [-0.3, -0.25) is 9.69 Å². The van der Waals surface area contributed by atoms with Crippen LogP contribution in [0.3, 0.4) is 0 Å². The van der Waals surface area contributed by atoms with E-state index < -0.39 is 0 Å². The van der Waals surface area contributed by atoms with Gasteiger partial charge in [-0.05, 0) is 36.3 Å². The molecule has 2 aliphatic heterocycles. The smallest absolute Gasteiger partial charge is 0.230 e. The molecule has 33 heavy (non-hydrogen) atoms. The number of amides is 1. The molecule has 3 heterocycles. The van der Waals surface area contributed by atoms with Crippen molar-refractivity contribution in [2.45, 2.75) is 57.9 Å². The van der Waals surface area contributed by atoms with Crippen LogP contribution in [0.15, 0.2) is 36.5 Å². The number of fused-ring (bicyclic) bond motifs is 1. The molecule has 1 aromatic heterocycles. The van der Waals surface area contributed by atoms with E-state index in [4.69, 9.17) is 9.97 Å². The summed E-state index contributed by atoms with van der Waals surface area (Å²) < 4.78 is 0. The minimum Gasteiger partial charge on any atom is -0.341 e. The zero-order valence-electron chi connectivity index (χ0n) is 20.1. The van der Waals surface area contributed by atoms with Crippen molar-refractivity contribution in [2.24, 2.45) is 5.92 Å². The van der Waals surface area contributed by atoms with E-state index >= 15 is 0 Å². The van der Waals surface area contributed by atoms with Gasteiger partial charge in [-0.2, -0.15) is 0 Å². The highest BCUT2D eigenvalue weighted by molar-refractivity contribution is 5.84. The van der Waals surface area contributed by atoms with Crippen molar-refractivity contribution >= 4 is 11.9 Å². The first-order valence-electron chi connectivity index (χ1n) is 12.8.